The number of thiophene rings is 1. The topological polar surface area (TPSA) is 81.7 Å². The van der Waals surface area contributed by atoms with Gasteiger partial charge >= 0.3 is 0 Å². The van der Waals surface area contributed by atoms with Gasteiger partial charge in [-0.3, -0.25) is 9.59 Å². The number of hydrogen-bond acceptors (Lipinski definition) is 5. The number of nitrogens with one attached hydrogen (secondary N) is 2. The van der Waals surface area contributed by atoms with Gasteiger partial charge in [-0.15, -0.1) is 11.3 Å². The van der Waals surface area contributed by atoms with Crippen molar-refractivity contribution < 1.29 is 14.7 Å². The van der Waals surface area contributed by atoms with Crippen LogP contribution in [0.25, 0.3) is 10.4 Å². The van der Waals surface area contributed by atoms with E-state index in [1.807, 2.05) is 6.07 Å². The molecule has 5 rings (SSSR count). The second-order valence-corrected chi connectivity index (χ2v) is 8.38. The lowest BCUT2D eigenvalue weighted by Crippen LogP contribution is -2.57. The van der Waals surface area contributed by atoms with E-state index in [0.29, 0.717) is 22.0 Å². The summed E-state index contributed by atoms with van der Waals surface area (Å²) in [4.78, 5) is 28.0. The molecular formula is C20H23N3O3S. The van der Waals surface area contributed by atoms with Crippen LogP contribution in [0, 0.1) is 5.92 Å². The summed E-state index contributed by atoms with van der Waals surface area (Å²) in [6, 6.07) is 8.68. The lowest BCUT2D eigenvalue weighted by molar-refractivity contribution is -0.114. The molecular weight excluding hydrogens is 362 g/mol. The van der Waals surface area contributed by atoms with Gasteiger partial charge in [0, 0.05) is 35.6 Å². The second kappa shape index (κ2) is 7.32. The number of phenols is 1. The number of benzene rings is 1. The SMILES string of the molecule is CC(=O)Nc1ccc(O)cc1-c1ccc(C(=O)N[C@H]2CN3CCC2CC3)s1. The zero-order chi connectivity index (χ0) is 19.0. The van der Waals surface area contributed by atoms with Crippen molar-refractivity contribution in [3.8, 4) is 16.2 Å². The third-order valence-corrected chi connectivity index (χ3v) is 6.50. The fraction of sp³-hybridized carbons (Fsp3) is 0.400. The second-order valence-electron chi connectivity index (χ2n) is 7.29. The van der Waals surface area contributed by atoms with Gasteiger partial charge in [-0.1, -0.05) is 0 Å². The van der Waals surface area contributed by atoms with Gasteiger partial charge in [0.2, 0.25) is 5.91 Å². The fourth-order valence-corrected chi connectivity index (χ4v) is 4.95. The molecule has 4 heterocycles. The zero-order valence-corrected chi connectivity index (χ0v) is 16.0. The van der Waals surface area contributed by atoms with Crippen LogP contribution in [-0.2, 0) is 4.79 Å². The molecule has 0 saturated carbocycles. The number of piperidine rings is 3. The first-order chi connectivity index (χ1) is 13.0. The summed E-state index contributed by atoms with van der Waals surface area (Å²) in [6.45, 7) is 4.67. The van der Waals surface area contributed by atoms with Gasteiger partial charge in [-0.25, -0.2) is 0 Å². The molecule has 0 unspecified atom stereocenters. The van der Waals surface area contributed by atoms with E-state index in [1.54, 1.807) is 18.2 Å². The number of fused-ring (bicyclic) bond motifs is 3. The molecule has 142 valence electrons. The van der Waals surface area contributed by atoms with Gasteiger partial charge in [-0.05, 0) is 62.2 Å². The van der Waals surface area contributed by atoms with Crippen LogP contribution in [0.4, 0.5) is 5.69 Å². The molecule has 2 bridgehead atoms. The Morgan fingerprint density at radius 2 is 1.96 bits per heavy atom. The number of carbonyl (C=O) groups is 2. The van der Waals surface area contributed by atoms with E-state index in [4.69, 9.17) is 0 Å². The first-order valence-electron chi connectivity index (χ1n) is 9.23. The lowest BCUT2D eigenvalue weighted by Gasteiger charge is -2.44. The molecule has 3 N–H and O–H groups in total. The Morgan fingerprint density at radius 3 is 2.63 bits per heavy atom. The van der Waals surface area contributed by atoms with E-state index in [2.05, 4.69) is 15.5 Å². The van der Waals surface area contributed by atoms with Crippen LogP contribution in [0.15, 0.2) is 30.3 Å². The predicted molar refractivity (Wildman–Crippen MR) is 106 cm³/mol. The molecule has 0 aliphatic carbocycles. The van der Waals surface area contributed by atoms with E-state index in [9.17, 15) is 14.7 Å². The van der Waals surface area contributed by atoms with Gasteiger partial charge in [0.25, 0.3) is 5.91 Å². The smallest absolute Gasteiger partial charge is 0.261 e. The average molecular weight is 385 g/mol. The van der Waals surface area contributed by atoms with Crippen LogP contribution in [0.2, 0.25) is 0 Å². The average Bonchev–Trinajstić information content (AvgIpc) is 3.14. The van der Waals surface area contributed by atoms with Crippen LogP contribution in [0.3, 0.4) is 0 Å². The van der Waals surface area contributed by atoms with Crippen molar-refractivity contribution in [2.45, 2.75) is 25.8 Å². The quantitative estimate of drug-likeness (QED) is 0.707. The van der Waals surface area contributed by atoms with Gasteiger partial charge in [0.1, 0.15) is 5.75 Å². The molecule has 1 atom stereocenters. The Bertz CT molecular complexity index is 871. The van der Waals surface area contributed by atoms with E-state index in [1.165, 1.54) is 24.3 Å². The zero-order valence-electron chi connectivity index (χ0n) is 15.2. The number of amides is 2. The van der Waals surface area contributed by atoms with Crippen molar-refractivity contribution >= 4 is 28.8 Å². The molecule has 0 spiro atoms. The Morgan fingerprint density at radius 1 is 1.19 bits per heavy atom. The number of nitrogens with zero attached hydrogens (tertiary/aromatic N) is 1. The molecule has 3 aliphatic rings. The molecule has 2 amide bonds. The maximum absolute atomic E-state index is 12.7. The summed E-state index contributed by atoms with van der Waals surface area (Å²) in [7, 11) is 0. The Kier molecular flexibility index (Phi) is 4.88. The normalized spacial score (nSPS) is 23.8. The van der Waals surface area contributed by atoms with Crippen molar-refractivity contribution in [3.63, 3.8) is 0 Å². The molecule has 3 aliphatic heterocycles. The van der Waals surface area contributed by atoms with Crippen LogP contribution in [-0.4, -0.2) is 47.5 Å². The van der Waals surface area contributed by atoms with Crippen molar-refractivity contribution in [3.05, 3.63) is 35.2 Å². The van der Waals surface area contributed by atoms with Crippen LogP contribution in [0.5, 0.6) is 5.75 Å². The standard InChI is InChI=1S/C20H23N3O3S/c1-12(24)21-16-3-2-14(25)10-15(16)18-4-5-19(27-18)20(26)22-17-11-23-8-6-13(17)7-9-23/h2-5,10,13,17,25H,6-9,11H2,1H3,(H,21,24)(H,22,26)/t17-/m0/s1. The minimum Gasteiger partial charge on any atom is -0.508 e. The monoisotopic (exact) mass is 385 g/mol. The van der Waals surface area contributed by atoms with Crippen LogP contribution >= 0.6 is 11.3 Å². The number of aromatic hydroxyl groups is 1. The highest BCUT2D eigenvalue weighted by atomic mass is 32.1. The largest absolute Gasteiger partial charge is 0.508 e. The van der Waals surface area contributed by atoms with Gasteiger partial charge in [-0.2, -0.15) is 0 Å². The Labute approximate surface area is 162 Å². The minimum atomic E-state index is -0.182. The highest BCUT2D eigenvalue weighted by Crippen LogP contribution is 2.36. The number of rotatable bonds is 4. The van der Waals surface area contributed by atoms with E-state index >= 15 is 0 Å². The molecule has 1 aromatic carbocycles. The highest BCUT2D eigenvalue weighted by molar-refractivity contribution is 7.17. The van der Waals surface area contributed by atoms with Gasteiger partial charge < -0.3 is 20.6 Å². The fourth-order valence-electron chi connectivity index (χ4n) is 4.01. The number of phenolic OH excluding ortho intramolecular Hbond substituents is 1. The summed E-state index contributed by atoms with van der Waals surface area (Å²) in [5, 5.41) is 15.8. The third kappa shape index (κ3) is 3.84. The molecule has 7 heteroatoms. The maximum Gasteiger partial charge on any atom is 0.261 e. The third-order valence-electron chi connectivity index (χ3n) is 5.38. The summed E-state index contributed by atoms with van der Waals surface area (Å²) < 4.78 is 0. The highest BCUT2D eigenvalue weighted by Gasteiger charge is 2.35. The summed E-state index contributed by atoms with van der Waals surface area (Å²) >= 11 is 1.36. The Hall–Kier alpha value is -2.38. The van der Waals surface area contributed by atoms with Gasteiger partial charge in [0.05, 0.1) is 4.88 Å². The lowest BCUT2D eigenvalue weighted by atomic mass is 9.84. The van der Waals surface area contributed by atoms with Crippen molar-refractivity contribution in [1.29, 1.82) is 0 Å². The number of anilines is 1. The minimum absolute atomic E-state index is 0.0498. The van der Waals surface area contributed by atoms with E-state index in [0.717, 1.165) is 37.4 Å². The van der Waals surface area contributed by atoms with E-state index in [-0.39, 0.29) is 23.6 Å². The molecule has 27 heavy (non-hydrogen) atoms. The van der Waals surface area contributed by atoms with Crippen LogP contribution < -0.4 is 10.6 Å². The molecule has 0 radical (unpaired) electrons. The molecule has 6 nitrogen and oxygen atoms in total. The van der Waals surface area contributed by atoms with Crippen molar-refractivity contribution in [1.82, 2.24) is 10.2 Å². The first-order valence-corrected chi connectivity index (χ1v) is 10.1. The van der Waals surface area contributed by atoms with Crippen LogP contribution in [0.1, 0.15) is 29.4 Å². The maximum atomic E-state index is 12.7. The molecule has 2 aromatic rings. The predicted octanol–water partition coefficient (Wildman–Crippen LogP) is 2.90. The molecule has 3 fully saturated rings. The number of hydrogen-bond donors (Lipinski definition) is 3. The van der Waals surface area contributed by atoms with Crippen molar-refractivity contribution in [2.24, 2.45) is 5.92 Å². The summed E-state index contributed by atoms with van der Waals surface area (Å²) in [5.41, 5.74) is 1.32. The van der Waals surface area contributed by atoms with Gasteiger partial charge in [0.15, 0.2) is 0 Å². The van der Waals surface area contributed by atoms with E-state index < -0.39 is 0 Å². The van der Waals surface area contributed by atoms with Crippen molar-refractivity contribution in [2.75, 3.05) is 25.0 Å². The Balaban J connectivity index is 1.52. The summed E-state index contributed by atoms with van der Waals surface area (Å²) in [6.07, 6.45) is 2.31. The molecule has 1 aromatic heterocycles. The summed E-state index contributed by atoms with van der Waals surface area (Å²) in [5.74, 6) is 0.464. The number of carbonyl (C=O) groups excluding carboxylic acids is 2. The first kappa shape index (κ1) is 18.0. The molecule has 3 saturated heterocycles.